The number of carbonyl (C=O) groups excluding carboxylic acids is 5. The monoisotopic (exact) mass is 571 g/mol. The number of hydrogen-bond acceptors (Lipinski definition) is 5. The van der Waals surface area contributed by atoms with Crippen LogP contribution in [-0.4, -0.2) is 48.2 Å². The minimum Gasteiger partial charge on any atom is -0.370 e. The third-order valence-corrected chi connectivity index (χ3v) is 6.49. The van der Waals surface area contributed by atoms with E-state index >= 15 is 0 Å². The van der Waals surface area contributed by atoms with Gasteiger partial charge in [-0.15, -0.1) is 0 Å². The van der Waals surface area contributed by atoms with Gasteiger partial charge in [-0.25, -0.2) is 0 Å². The number of amides is 5. The summed E-state index contributed by atoms with van der Waals surface area (Å²) >= 11 is 0. The predicted octanol–water partition coefficient (Wildman–Crippen LogP) is 1.53. The van der Waals surface area contributed by atoms with E-state index in [-0.39, 0.29) is 44.7 Å². The number of nitrogens with one attached hydrogen (secondary N) is 4. The Morgan fingerprint density at radius 1 is 0.595 bits per heavy atom. The van der Waals surface area contributed by atoms with Crippen molar-refractivity contribution >= 4 is 29.5 Å². The van der Waals surface area contributed by atoms with Gasteiger partial charge in [0, 0.05) is 25.8 Å². The van der Waals surface area contributed by atoms with E-state index in [9.17, 15) is 24.0 Å². The Morgan fingerprint density at radius 3 is 1.76 bits per heavy atom. The average molecular weight is 572 g/mol. The normalized spacial score (nSPS) is 11.9. The molecule has 5 amide bonds. The first-order valence-electron chi connectivity index (χ1n) is 13.8. The minimum absolute atomic E-state index is 0.00876. The molecule has 220 valence electrons. The molecule has 6 N–H and O–H groups in total. The zero-order valence-corrected chi connectivity index (χ0v) is 23.4. The Morgan fingerprint density at radius 2 is 1.17 bits per heavy atom. The van der Waals surface area contributed by atoms with E-state index in [1.165, 1.54) is 0 Å². The molecule has 0 saturated heterocycles. The van der Waals surface area contributed by atoms with Crippen LogP contribution in [0.2, 0.25) is 0 Å². The Hall–Kier alpha value is -4.99. The number of carbonyl (C=O) groups is 5. The molecule has 10 heteroatoms. The molecule has 0 aliphatic rings. The van der Waals surface area contributed by atoms with Crippen LogP contribution in [0.15, 0.2) is 91.0 Å². The molecule has 0 radical (unpaired) electrons. The van der Waals surface area contributed by atoms with E-state index in [1.54, 1.807) is 0 Å². The van der Waals surface area contributed by atoms with Gasteiger partial charge in [0.1, 0.15) is 12.1 Å². The van der Waals surface area contributed by atoms with Crippen LogP contribution in [0.1, 0.15) is 36.0 Å². The van der Waals surface area contributed by atoms with Crippen LogP contribution >= 0.6 is 0 Å². The van der Waals surface area contributed by atoms with Gasteiger partial charge in [0.25, 0.3) is 0 Å². The summed E-state index contributed by atoms with van der Waals surface area (Å²) in [7, 11) is 0. The van der Waals surface area contributed by atoms with E-state index in [0.717, 1.165) is 16.7 Å². The molecule has 0 bridgehead atoms. The SMILES string of the molecule is NC(=O)CC[C@H](NC(=O)[C@H](Cc1ccccc1)NC(=O)CNC(=O)CCc1ccccc1)C(=O)NCc1ccccc1. The van der Waals surface area contributed by atoms with Gasteiger partial charge < -0.3 is 27.0 Å². The van der Waals surface area contributed by atoms with Crippen LogP contribution in [-0.2, 0) is 43.4 Å². The molecule has 0 spiro atoms. The fourth-order valence-electron chi connectivity index (χ4n) is 4.21. The molecule has 0 saturated carbocycles. The number of nitrogens with two attached hydrogens (primary N) is 1. The molecule has 0 unspecified atom stereocenters. The molecule has 2 atom stereocenters. The van der Waals surface area contributed by atoms with Gasteiger partial charge in [-0.3, -0.25) is 24.0 Å². The van der Waals surface area contributed by atoms with Crippen molar-refractivity contribution in [2.24, 2.45) is 5.73 Å². The Labute approximate surface area is 245 Å². The van der Waals surface area contributed by atoms with Crippen molar-refractivity contribution in [3.63, 3.8) is 0 Å². The summed E-state index contributed by atoms with van der Waals surface area (Å²) < 4.78 is 0. The van der Waals surface area contributed by atoms with Crippen molar-refractivity contribution < 1.29 is 24.0 Å². The Kier molecular flexibility index (Phi) is 12.7. The van der Waals surface area contributed by atoms with Crippen LogP contribution in [0.5, 0.6) is 0 Å². The molecule has 3 rings (SSSR count). The van der Waals surface area contributed by atoms with E-state index in [4.69, 9.17) is 5.73 Å². The Balaban J connectivity index is 1.62. The minimum atomic E-state index is -1.05. The zero-order chi connectivity index (χ0) is 30.2. The van der Waals surface area contributed by atoms with Crippen molar-refractivity contribution in [1.29, 1.82) is 0 Å². The van der Waals surface area contributed by atoms with E-state index < -0.39 is 35.7 Å². The lowest BCUT2D eigenvalue weighted by atomic mass is 10.0. The van der Waals surface area contributed by atoms with Gasteiger partial charge in [-0.1, -0.05) is 91.0 Å². The first-order chi connectivity index (χ1) is 20.3. The molecule has 10 nitrogen and oxygen atoms in total. The van der Waals surface area contributed by atoms with Gasteiger partial charge in [0.2, 0.25) is 29.5 Å². The topological polar surface area (TPSA) is 159 Å². The second-order valence-corrected chi connectivity index (χ2v) is 9.84. The molecule has 0 fully saturated rings. The molecular formula is C32H37N5O5. The number of primary amides is 1. The largest absolute Gasteiger partial charge is 0.370 e. The fourth-order valence-corrected chi connectivity index (χ4v) is 4.21. The van der Waals surface area contributed by atoms with Crippen LogP contribution < -0.4 is 27.0 Å². The fraction of sp³-hybridized carbons (Fsp3) is 0.281. The predicted molar refractivity (Wildman–Crippen MR) is 158 cm³/mol. The second kappa shape index (κ2) is 17.0. The molecule has 0 aliphatic heterocycles. The maximum atomic E-state index is 13.4. The maximum Gasteiger partial charge on any atom is 0.243 e. The van der Waals surface area contributed by atoms with Crippen molar-refractivity contribution in [2.75, 3.05) is 6.54 Å². The van der Waals surface area contributed by atoms with E-state index in [0.29, 0.717) is 6.42 Å². The highest BCUT2D eigenvalue weighted by molar-refractivity contribution is 5.93. The standard InChI is InChI=1S/C32H37N5O5/c33-28(38)18-17-26(31(41)35-21-25-14-8-3-9-15-25)37-32(42)27(20-24-12-6-2-7-13-24)36-30(40)22-34-29(39)19-16-23-10-4-1-5-11-23/h1-15,26-27H,16-22H2,(H2,33,38)(H,34,39)(H,35,41)(H,36,40)(H,37,42)/t26-,27-/m0/s1. The van der Waals surface area contributed by atoms with Crippen LogP contribution in [0.3, 0.4) is 0 Å². The van der Waals surface area contributed by atoms with Crippen LogP contribution in [0, 0.1) is 0 Å². The first kappa shape index (κ1) is 31.5. The van der Waals surface area contributed by atoms with Gasteiger partial charge in [0.15, 0.2) is 0 Å². The highest BCUT2D eigenvalue weighted by Crippen LogP contribution is 2.07. The van der Waals surface area contributed by atoms with Crippen molar-refractivity contribution in [1.82, 2.24) is 21.3 Å². The number of benzene rings is 3. The highest BCUT2D eigenvalue weighted by Gasteiger charge is 2.27. The molecule has 0 aliphatic carbocycles. The van der Waals surface area contributed by atoms with Gasteiger partial charge in [-0.05, 0) is 29.5 Å². The van der Waals surface area contributed by atoms with Gasteiger partial charge >= 0.3 is 0 Å². The van der Waals surface area contributed by atoms with Gasteiger partial charge in [-0.2, -0.15) is 0 Å². The third kappa shape index (κ3) is 11.6. The quantitative estimate of drug-likeness (QED) is 0.176. The van der Waals surface area contributed by atoms with Crippen LogP contribution in [0.4, 0.5) is 0 Å². The summed E-state index contributed by atoms with van der Waals surface area (Å²) in [5, 5.41) is 10.7. The lowest BCUT2D eigenvalue weighted by Gasteiger charge is -2.23. The van der Waals surface area contributed by atoms with Crippen LogP contribution in [0.25, 0.3) is 0 Å². The summed E-state index contributed by atoms with van der Waals surface area (Å²) in [5.74, 6) is -2.54. The highest BCUT2D eigenvalue weighted by atomic mass is 16.2. The Bertz CT molecular complexity index is 1320. The maximum absolute atomic E-state index is 13.4. The van der Waals surface area contributed by atoms with Crippen molar-refractivity contribution in [3.8, 4) is 0 Å². The molecular weight excluding hydrogens is 534 g/mol. The van der Waals surface area contributed by atoms with E-state index in [1.807, 2.05) is 91.0 Å². The average Bonchev–Trinajstić information content (AvgIpc) is 3.00. The summed E-state index contributed by atoms with van der Waals surface area (Å²) in [5.41, 5.74) is 7.96. The summed E-state index contributed by atoms with van der Waals surface area (Å²) in [4.78, 5) is 62.9. The smallest absolute Gasteiger partial charge is 0.243 e. The molecule has 42 heavy (non-hydrogen) atoms. The lowest BCUT2D eigenvalue weighted by molar-refractivity contribution is -0.132. The number of hydrogen-bond donors (Lipinski definition) is 5. The lowest BCUT2D eigenvalue weighted by Crippen LogP contribution is -2.55. The van der Waals surface area contributed by atoms with E-state index in [2.05, 4.69) is 21.3 Å². The zero-order valence-electron chi connectivity index (χ0n) is 23.4. The second-order valence-electron chi connectivity index (χ2n) is 9.84. The number of aryl methyl sites for hydroxylation is 1. The molecule has 3 aromatic rings. The molecule has 3 aromatic carbocycles. The molecule has 0 aromatic heterocycles. The molecule has 0 heterocycles. The van der Waals surface area contributed by atoms with Crippen molar-refractivity contribution in [3.05, 3.63) is 108 Å². The van der Waals surface area contributed by atoms with Gasteiger partial charge in [0.05, 0.1) is 6.54 Å². The summed E-state index contributed by atoms with van der Waals surface area (Å²) in [6.45, 7) is -0.0778. The third-order valence-electron chi connectivity index (χ3n) is 6.49. The van der Waals surface area contributed by atoms with Crippen molar-refractivity contribution in [2.45, 2.75) is 50.7 Å². The summed E-state index contributed by atoms with van der Waals surface area (Å²) in [6, 6.07) is 25.8. The number of rotatable bonds is 16. The summed E-state index contributed by atoms with van der Waals surface area (Å²) in [6.07, 6.45) is 0.769. The first-order valence-corrected chi connectivity index (χ1v) is 13.8.